The van der Waals surface area contributed by atoms with Gasteiger partial charge in [0.25, 0.3) is 0 Å². The van der Waals surface area contributed by atoms with Crippen molar-refractivity contribution in [2.24, 2.45) is 0 Å². The minimum atomic E-state index is -0.0463. The molecule has 1 N–H and O–H groups in total. The Morgan fingerprint density at radius 3 is 2.88 bits per heavy atom. The molecule has 1 unspecified atom stereocenters. The number of hydrogen-bond donors (Lipinski definition) is 1. The highest BCUT2D eigenvalue weighted by Gasteiger charge is 2.17. The van der Waals surface area contributed by atoms with Crippen LogP contribution in [0.5, 0.6) is 0 Å². The van der Waals surface area contributed by atoms with Gasteiger partial charge in [0.2, 0.25) is 0 Å². The highest BCUT2D eigenvalue weighted by Crippen LogP contribution is 1.95. The second-order valence-electron chi connectivity index (χ2n) is 1.97. The topological polar surface area (TPSA) is 39.1 Å². The molecule has 8 heavy (non-hydrogen) atoms. The molecule has 1 rings (SSSR count). The second kappa shape index (κ2) is 2.12. The Labute approximate surface area is 48.9 Å². The van der Waals surface area contributed by atoms with Gasteiger partial charge in [-0.1, -0.05) is 0 Å². The van der Waals surface area contributed by atoms with Gasteiger partial charge in [0.15, 0.2) is 0 Å². The van der Waals surface area contributed by atoms with Crippen molar-refractivity contribution in [2.75, 3.05) is 20.1 Å². The fourth-order valence-corrected chi connectivity index (χ4v) is 0.807. The van der Waals surface area contributed by atoms with Gasteiger partial charge in [0, 0.05) is 13.1 Å². The lowest BCUT2D eigenvalue weighted by Crippen LogP contribution is -2.30. The first-order chi connectivity index (χ1) is 3.84. The molecule has 0 radical (unpaired) electrons. The summed E-state index contributed by atoms with van der Waals surface area (Å²) in [5.41, 5.74) is 0. The van der Waals surface area contributed by atoms with E-state index in [0.717, 1.165) is 13.1 Å². The largest absolute Gasteiger partial charge is 0.288 e. The molecule has 0 aromatic carbocycles. The van der Waals surface area contributed by atoms with Crippen molar-refractivity contribution in [3.05, 3.63) is 0 Å². The summed E-state index contributed by atoms with van der Waals surface area (Å²) in [5, 5.41) is 11.4. The fraction of sp³-hybridized carbons (Fsp3) is 0.800. The third-order valence-electron chi connectivity index (χ3n) is 1.37. The quantitative estimate of drug-likeness (QED) is 0.452. The van der Waals surface area contributed by atoms with Crippen LogP contribution in [0.1, 0.15) is 0 Å². The maximum Gasteiger partial charge on any atom is 0.150 e. The van der Waals surface area contributed by atoms with Crippen LogP contribution in [0.15, 0.2) is 0 Å². The summed E-state index contributed by atoms with van der Waals surface area (Å²) in [7, 11) is 1.94. The van der Waals surface area contributed by atoms with E-state index >= 15 is 0 Å². The zero-order valence-electron chi connectivity index (χ0n) is 4.89. The molecule has 1 fully saturated rings. The normalized spacial score (nSPS) is 30.2. The lowest BCUT2D eigenvalue weighted by Gasteiger charge is -2.08. The molecule has 0 aromatic heterocycles. The van der Waals surface area contributed by atoms with Gasteiger partial charge >= 0.3 is 0 Å². The van der Waals surface area contributed by atoms with Crippen LogP contribution >= 0.6 is 0 Å². The standard InChI is InChI=1S/C5H9N3/c1-8-3-2-7-5(8)4-6/h5,7H,2-3H2,1H3. The predicted molar refractivity (Wildman–Crippen MR) is 30.0 cm³/mol. The Hall–Kier alpha value is -0.590. The average Bonchev–Trinajstić information content (AvgIpc) is 2.14. The van der Waals surface area contributed by atoms with Gasteiger partial charge in [-0.3, -0.25) is 10.2 Å². The van der Waals surface area contributed by atoms with Gasteiger partial charge < -0.3 is 0 Å². The highest BCUT2D eigenvalue weighted by atomic mass is 15.3. The molecule has 1 aliphatic heterocycles. The Kier molecular flexibility index (Phi) is 1.47. The van der Waals surface area contributed by atoms with E-state index in [0.29, 0.717) is 0 Å². The number of likely N-dealkylation sites (N-methyl/N-ethyl adjacent to an activating group) is 1. The molecule has 44 valence electrons. The molecule has 0 bridgehead atoms. The van der Waals surface area contributed by atoms with Gasteiger partial charge in [-0.2, -0.15) is 5.26 Å². The van der Waals surface area contributed by atoms with Gasteiger partial charge in [0.1, 0.15) is 6.17 Å². The first-order valence-electron chi connectivity index (χ1n) is 2.68. The van der Waals surface area contributed by atoms with E-state index in [2.05, 4.69) is 11.4 Å². The summed E-state index contributed by atoms with van der Waals surface area (Å²) in [4.78, 5) is 1.99. The van der Waals surface area contributed by atoms with Gasteiger partial charge in [-0.15, -0.1) is 0 Å². The van der Waals surface area contributed by atoms with E-state index < -0.39 is 0 Å². The molecule has 1 atom stereocenters. The molecule has 0 spiro atoms. The van der Waals surface area contributed by atoms with Crippen LogP contribution in [0, 0.1) is 11.3 Å². The third-order valence-corrected chi connectivity index (χ3v) is 1.37. The molecule has 1 aliphatic rings. The molecule has 3 nitrogen and oxygen atoms in total. The SMILES string of the molecule is CN1CCNC1C#N. The number of nitriles is 1. The number of nitrogens with zero attached hydrogens (tertiary/aromatic N) is 2. The van der Waals surface area contributed by atoms with Crippen molar-refractivity contribution in [3.63, 3.8) is 0 Å². The third kappa shape index (κ3) is 0.808. The summed E-state index contributed by atoms with van der Waals surface area (Å²) < 4.78 is 0. The van der Waals surface area contributed by atoms with E-state index in [4.69, 9.17) is 5.26 Å². The van der Waals surface area contributed by atoms with Crippen LogP contribution in [0.25, 0.3) is 0 Å². The van der Waals surface area contributed by atoms with Gasteiger partial charge in [-0.05, 0) is 7.05 Å². The number of nitrogens with one attached hydrogen (secondary N) is 1. The summed E-state index contributed by atoms with van der Waals surface area (Å²) in [6, 6.07) is 2.13. The van der Waals surface area contributed by atoms with E-state index in [1.807, 2.05) is 11.9 Å². The summed E-state index contributed by atoms with van der Waals surface area (Å²) >= 11 is 0. The molecular weight excluding hydrogens is 102 g/mol. The maximum atomic E-state index is 8.38. The van der Waals surface area contributed by atoms with E-state index in [1.54, 1.807) is 0 Å². The molecule has 1 saturated heterocycles. The molecule has 3 heteroatoms. The van der Waals surface area contributed by atoms with Crippen molar-refractivity contribution in [2.45, 2.75) is 6.17 Å². The molecule has 0 amide bonds. The lowest BCUT2D eigenvalue weighted by molar-refractivity contribution is 0.351. The van der Waals surface area contributed by atoms with Crippen molar-refractivity contribution < 1.29 is 0 Å². The van der Waals surface area contributed by atoms with Crippen molar-refractivity contribution in [1.29, 1.82) is 5.26 Å². The fourth-order valence-electron chi connectivity index (χ4n) is 0.807. The average molecular weight is 111 g/mol. The Balaban J connectivity index is 2.45. The van der Waals surface area contributed by atoms with Crippen LogP contribution in [0.4, 0.5) is 0 Å². The van der Waals surface area contributed by atoms with Crippen molar-refractivity contribution in [3.8, 4) is 6.07 Å². The Morgan fingerprint density at radius 2 is 2.62 bits per heavy atom. The zero-order chi connectivity index (χ0) is 5.98. The minimum absolute atomic E-state index is 0.0463. The smallest absolute Gasteiger partial charge is 0.150 e. The lowest BCUT2D eigenvalue weighted by atomic mass is 10.5. The van der Waals surface area contributed by atoms with Gasteiger partial charge in [-0.25, -0.2) is 0 Å². The van der Waals surface area contributed by atoms with Crippen LogP contribution < -0.4 is 5.32 Å². The summed E-state index contributed by atoms with van der Waals surface area (Å²) in [5.74, 6) is 0. The van der Waals surface area contributed by atoms with E-state index in [1.165, 1.54) is 0 Å². The number of rotatable bonds is 0. The Morgan fingerprint density at radius 1 is 1.88 bits per heavy atom. The molecule has 0 aromatic rings. The zero-order valence-corrected chi connectivity index (χ0v) is 4.89. The summed E-state index contributed by atoms with van der Waals surface area (Å²) in [6.07, 6.45) is -0.0463. The highest BCUT2D eigenvalue weighted by molar-refractivity contribution is 4.92. The number of hydrogen-bond acceptors (Lipinski definition) is 3. The van der Waals surface area contributed by atoms with Crippen molar-refractivity contribution >= 4 is 0 Å². The van der Waals surface area contributed by atoms with E-state index in [-0.39, 0.29) is 6.17 Å². The monoisotopic (exact) mass is 111 g/mol. The minimum Gasteiger partial charge on any atom is -0.288 e. The molecular formula is C5H9N3. The first-order valence-corrected chi connectivity index (χ1v) is 2.68. The molecule has 0 saturated carbocycles. The molecule has 1 heterocycles. The second-order valence-corrected chi connectivity index (χ2v) is 1.97. The van der Waals surface area contributed by atoms with Crippen LogP contribution in [0.2, 0.25) is 0 Å². The maximum absolute atomic E-state index is 8.38. The first kappa shape index (κ1) is 5.54. The van der Waals surface area contributed by atoms with E-state index in [9.17, 15) is 0 Å². The predicted octanol–water partition coefficient (Wildman–Crippen LogP) is -0.629. The summed E-state index contributed by atoms with van der Waals surface area (Å²) in [6.45, 7) is 1.92. The van der Waals surface area contributed by atoms with Crippen LogP contribution in [-0.2, 0) is 0 Å². The van der Waals surface area contributed by atoms with Crippen LogP contribution in [-0.4, -0.2) is 31.2 Å². The van der Waals surface area contributed by atoms with Crippen LogP contribution in [0.3, 0.4) is 0 Å². The Bertz CT molecular complexity index is 115. The van der Waals surface area contributed by atoms with Gasteiger partial charge in [0.05, 0.1) is 6.07 Å². The molecule has 0 aliphatic carbocycles. The van der Waals surface area contributed by atoms with Crippen molar-refractivity contribution in [1.82, 2.24) is 10.2 Å².